The lowest BCUT2D eigenvalue weighted by molar-refractivity contribution is 0.0697. The van der Waals surface area contributed by atoms with Crippen molar-refractivity contribution in [2.24, 2.45) is 0 Å². The molecule has 0 radical (unpaired) electrons. The molecule has 1 N–H and O–H groups in total. The summed E-state index contributed by atoms with van der Waals surface area (Å²) in [5.41, 5.74) is 0.968. The monoisotopic (exact) mass is 301 g/mol. The number of methoxy groups -OCH3 is 1. The van der Waals surface area contributed by atoms with Crippen molar-refractivity contribution in [2.75, 3.05) is 25.7 Å². The summed E-state index contributed by atoms with van der Waals surface area (Å²) in [6, 6.07) is 5.34. The maximum Gasteiger partial charge on any atom is 0.337 e. The van der Waals surface area contributed by atoms with Crippen molar-refractivity contribution in [3.05, 3.63) is 28.2 Å². The molecule has 0 spiro atoms. The molecule has 17 heavy (non-hydrogen) atoms. The standard InChI is InChI=1S/C12H16BrNO3/c1-8(7-17-3)14(2)11-5-4-9(13)6-10(11)12(15)16/h4-6,8H,7H2,1-3H3,(H,15,16). The van der Waals surface area contributed by atoms with Crippen molar-refractivity contribution in [2.45, 2.75) is 13.0 Å². The zero-order valence-electron chi connectivity index (χ0n) is 10.1. The molecule has 0 aliphatic heterocycles. The van der Waals surface area contributed by atoms with Crippen LogP contribution in [0.4, 0.5) is 5.69 Å². The highest BCUT2D eigenvalue weighted by Gasteiger charge is 2.17. The molecule has 1 rings (SSSR count). The Hall–Kier alpha value is -1.07. The van der Waals surface area contributed by atoms with Gasteiger partial charge in [0.25, 0.3) is 0 Å². The summed E-state index contributed by atoms with van der Waals surface area (Å²) in [5, 5.41) is 9.17. The zero-order valence-corrected chi connectivity index (χ0v) is 11.7. The summed E-state index contributed by atoms with van der Waals surface area (Å²) in [6.45, 7) is 2.53. The fourth-order valence-electron chi connectivity index (χ4n) is 1.58. The van der Waals surface area contributed by atoms with E-state index in [-0.39, 0.29) is 11.6 Å². The molecule has 0 heterocycles. The van der Waals surface area contributed by atoms with E-state index in [1.165, 1.54) is 0 Å². The second kappa shape index (κ2) is 6.02. The summed E-state index contributed by atoms with van der Waals surface area (Å²) in [6.07, 6.45) is 0. The number of halogens is 1. The van der Waals surface area contributed by atoms with Crippen LogP contribution < -0.4 is 4.90 Å². The normalized spacial score (nSPS) is 12.2. The van der Waals surface area contributed by atoms with Crippen LogP contribution in [0.15, 0.2) is 22.7 Å². The summed E-state index contributed by atoms with van der Waals surface area (Å²) in [5.74, 6) is -0.933. The van der Waals surface area contributed by atoms with Crippen LogP contribution in [-0.2, 0) is 4.74 Å². The molecule has 4 nitrogen and oxygen atoms in total. The molecule has 0 bridgehead atoms. The highest BCUT2D eigenvalue weighted by atomic mass is 79.9. The molecule has 5 heteroatoms. The molecular weight excluding hydrogens is 286 g/mol. The number of nitrogens with zero attached hydrogens (tertiary/aromatic N) is 1. The van der Waals surface area contributed by atoms with Crippen molar-refractivity contribution >= 4 is 27.6 Å². The Labute approximate surface area is 109 Å². The Kier molecular flexibility index (Phi) is 4.96. The first-order valence-corrected chi connectivity index (χ1v) is 6.01. The van der Waals surface area contributed by atoms with E-state index in [1.807, 2.05) is 24.9 Å². The van der Waals surface area contributed by atoms with Crippen molar-refractivity contribution in [3.63, 3.8) is 0 Å². The number of carboxylic acids is 1. The van der Waals surface area contributed by atoms with E-state index in [1.54, 1.807) is 19.2 Å². The Morgan fingerprint density at radius 3 is 2.76 bits per heavy atom. The number of carbonyl (C=O) groups is 1. The number of benzene rings is 1. The van der Waals surface area contributed by atoms with Gasteiger partial charge in [-0.25, -0.2) is 4.79 Å². The van der Waals surface area contributed by atoms with Crippen LogP contribution in [0.1, 0.15) is 17.3 Å². The van der Waals surface area contributed by atoms with Crippen LogP contribution in [0.2, 0.25) is 0 Å². The molecule has 1 unspecified atom stereocenters. The third kappa shape index (κ3) is 3.44. The summed E-state index contributed by atoms with van der Waals surface area (Å²) >= 11 is 3.27. The van der Waals surface area contributed by atoms with E-state index >= 15 is 0 Å². The smallest absolute Gasteiger partial charge is 0.337 e. The minimum Gasteiger partial charge on any atom is -0.478 e. The quantitative estimate of drug-likeness (QED) is 0.908. The second-order valence-corrected chi connectivity index (χ2v) is 4.80. The molecule has 0 amide bonds. The summed E-state index contributed by atoms with van der Waals surface area (Å²) < 4.78 is 5.83. The van der Waals surface area contributed by atoms with E-state index < -0.39 is 5.97 Å². The Morgan fingerprint density at radius 2 is 2.24 bits per heavy atom. The first-order chi connectivity index (χ1) is 7.97. The van der Waals surface area contributed by atoms with Crippen LogP contribution in [-0.4, -0.2) is 37.9 Å². The first-order valence-electron chi connectivity index (χ1n) is 5.22. The molecule has 0 aliphatic carbocycles. The molecule has 0 fully saturated rings. The van der Waals surface area contributed by atoms with Gasteiger partial charge in [-0.05, 0) is 25.1 Å². The van der Waals surface area contributed by atoms with E-state index in [4.69, 9.17) is 4.74 Å². The molecule has 1 atom stereocenters. The van der Waals surface area contributed by atoms with Crippen LogP contribution in [0.5, 0.6) is 0 Å². The predicted octanol–water partition coefficient (Wildman–Crippen LogP) is 2.62. The molecule has 0 aromatic heterocycles. The number of hydrogen-bond acceptors (Lipinski definition) is 3. The zero-order chi connectivity index (χ0) is 13.0. The summed E-state index contributed by atoms with van der Waals surface area (Å²) in [7, 11) is 3.49. The van der Waals surface area contributed by atoms with Gasteiger partial charge in [-0.15, -0.1) is 0 Å². The van der Waals surface area contributed by atoms with Gasteiger partial charge in [0.1, 0.15) is 0 Å². The number of anilines is 1. The minimum atomic E-state index is -0.933. The number of ether oxygens (including phenoxy) is 1. The number of hydrogen-bond donors (Lipinski definition) is 1. The van der Waals surface area contributed by atoms with Crippen molar-refractivity contribution in [1.29, 1.82) is 0 Å². The average Bonchev–Trinajstić information content (AvgIpc) is 2.28. The highest BCUT2D eigenvalue weighted by molar-refractivity contribution is 9.10. The third-order valence-electron chi connectivity index (χ3n) is 2.64. The summed E-state index contributed by atoms with van der Waals surface area (Å²) in [4.78, 5) is 13.1. The number of carboxylic acid groups (broad SMARTS) is 1. The number of aromatic carboxylic acids is 1. The highest BCUT2D eigenvalue weighted by Crippen LogP contribution is 2.25. The van der Waals surface area contributed by atoms with Gasteiger partial charge >= 0.3 is 5.97 Å². The minimum absolute atomic E-state index is 0.110. The number of rotatable bonds is 5. The topological polar surface area (TPSA) is 49.8 Å². The first kappa shape index (κ1) is 14.0. The molecule has 0 saturated heterocycles. The molecule has 1 aromatic rings. The Bertz CT molecular complexity index is 409. The number of likely N-dealkylation sites (N-methyl/N-ethyl adjacent to an activating group) is 1. The van der Waals surface area contributed by atoms with Gasteiger partial charge in [-0.1, -0.05) is 15.9 Å². The van der Waals surface area contributed by atoms with Crippen LogP contribution in [0.3, 0.4) is 0 Å². The van der Waals surface area contributed by atoms with Gasteiger partial charge in [-0.3, -0.25) is 0 Å². The van der Waals surface area contributed by atoms with Gasteiger partial charge in [-0.2, -0.15) is 0 Å². The van der Waals surface area contributed by atoms with Crippen LogP contribution >= 0.6 is 15.9 Å². The van der Waals surface area contributed by atoms with E-state index in [0.717, 1.165) is 4.47 Å². The van der Waals surface area contributed by atoms with Crippen molar-refractivity contribution in [1.82, 2.24) is 0 Å². The maximum absolute atomic E-state index is 11.2. The van der Waals surface area contributed by atoms with Gasteiger partial charge < -0.3 is 14.7 Å². The molecule has 0 saturated carbocycles. The van der Waals surface area contributed by atoms with Gasteiger partial charge in [0.15, 0.2) is 0 Å². The van der Waals surface area contributed by atoms with Gasteiger partial charge in [0.2, 0.25) is 0 Å². The largest absolute Gasteiger partial charge is 0.478 e. The molecule has 1 aromatic carbocycles. The fourth-order valence-corrected chi connectivity index (χ4v) is 1.94. The van der Waals surface area contributed by atoms with E-state index in [2.05, 4.69) is 15.9 Å². The maximum atomic E-state index is 11.2. The van der Waals surface area contributed by atoms with Crippen LogP contribution in [0.25, 0.3) is 0 Å². The van der Waals surface area contributed by atoms with Gasteiger partial charge in [0.05, 0.1) is 17.9 Å². The predicted molar refractivity (Wildman–Crippen MR) is 70.8 cm³/mol. The lowest BCUT2D eigenvalue weighted by atomic mass is 10.1. The van der Waals surface area contributed by atoms with Crippen molar-refractivity contribution in [3.8, 4) is 0 Å². The van der Waals surface area contributed by atoms with Crippen LogP contribution in [0, 0.1) is 0 Å². The lowest BCUT2D eigenvalue weighted by Crippen LogP contribution is -2.33. The van der Waals surface area contributed by atoms with Gasteiger partial charge in [0, 0.05) is 24.7 Å². The average molecular weight is 302 g/mol. The Balaban J connectivity index is 3.08. The molecule has 94 valence electrons. The fraction of sp³-hybridized carbons (Fsp3) is 0.417. The Morgan fingerprint density at radius 1 is 1.59 bits per heavy atom. The van der Waals surface area contributed by atoms with E-state index in [9.17, 15) is 9.90 Å². The SMILES string of the molecule is COCC(C)N(C)c1ccc(Br)cc1C(=O)O. The molecular formula is C12H16BrNO3. The second-order valence-electron chi connectivity index (χ2n) is 3.88. The van der Waals surface area contributed by atoms with E-state index in [0.29, 0.717) is 12.3 Å². The third-order valence-corrected chi connectivity index (χ3v) is 3.13. The molecule has 0 aliphatic rings. The lowest BCUT2D eigenvalue weighted by Gasteiger charge is -2.27. The van der Waals surface area contributed by atoms with Crippen molar-refractivity contribution < 1.29 is 14.6 Å².